The number of hydrogen-bond acceptors (Lipinski definition) is 5. The lowest BCUT2D eigenvalue weighted by atomic mass is 9.34. The topological polar surface area (TPSA) is 32.1 Å². The third-order valence-corrected chi connectivity index (χ3v) is 13.5. The van der Waals surface area contributed by atoms with Crippen LogP contribution >= 0.6 is 0 Å². The molecule has 0 amide bonds. The van der Waals surface area contributed by atoms with Crippen LogP contribution < -0.4 is 35.8 Å². The molecule has 0 unspecified atom stereocenters. The first-order chi connectivity index (χ1) is 32.2. The molecule has 0 saturated heterocycles. The fourth-order valence-corrected chi connectivity index (χ4v) is 10.1. The summed E-state index contributed by atoms with van der Waals surface area (Å²) in [5.41, 5.74) is 21.8. The molecule has 3 heterocycles. The average molecular weight is 854 g/mol. The molecule has 1 aromatic heterocycles. The van der Waals surface area contributed by atoms with E-state index in [1.165, 1.54) is 38.8 Å². The van der Waals surface area contributed by atoms with E-state index in [1.54, 1.807) is 0 Å². The Morgan fingerprint density at radius 1 is 0.424 bits per heavy atom. The van der Waals surface area contributed by atoms with Crippen LogP contribution in [0.15, 0.2) is 186 Å². The van der Waals surface area contributed by atoms with Gasteiger partial charge in [0.1, 0.15) is 22.7 Å². The Morgan fingerprint density at radius 3 is 1.50 bits per heavy atom. The number of ether oxygens (including phenoxy) is 1. The maximum Gasteiger partial charge on any atom is 0.261 e. The summed E-state index contributed by atoms with van der Waals surface area (Å²) in [6.45, 7) is 12.7. The minimum atomic E-state index is -0.207. The van der Waals surface area contributed by atoms with E-state index in [1.807, 2.05) is 0 Å². The zero-order valence-electron chi connectivity index (χ0n) is 38.1. The molecule has 66 heavy (non-hydrogen) atoms. The first kappa shape index (κ1) is 39.6. The molecule has 2 aliphatic heterocycles. The predicted molar refractivity (Wildman–Crippen MR) is 277 cm³/mol. The predicted octanol–water partition coefficient (Wildman–Crippen LogP) is 14.8. The van der Waals surface area contributed by atoms with Crippen LogP contribution in [0.2, 0.25) is 0 Å². The van der Waals surface area contributed by atoms with Crippen molar-refractivity contribution >= 4 is 96.2 Å². The summed E-state index contributed by atoms with van der Waals surface area (Å²) in [5, 5.41) is 2.11. The zero-order valence-corrected chi connectivity index (χ0v) is 38.1. The number of rotatable bonds is 7. The molecule has 12 rings (SSSR count). The molecule has 6 heteroatoms. The average Bonchev–Trinajstić information content (AvgIpc) is 3.72. The highest BCUT2D eigenvalue weighted by Crippen LogP contribution is 2.50. The fraction of sp³-hybridized carbons (Fsp3) is 0.100. The van der Waals surface area contributed by atoms with Crippen LogP contribution in [-0.4, -0.2) is 6.71 Å². The largest absolute Gasteiger partial charge is 0.458 e. The molecule has 0 fully saturated rings. The molecule has 0 N–H and O–H groups in total. The summed E-state index contributed by atoms with van der Waals surface area (Å²) in [5.74, 6) is 1.59. The summed E-state index contributed by atoms with van der Waals surface area (Å²) in [6, 6.07) is 66.3. The van der Waals surface area contributed by atoms with Gasteiger partial charge in [-0.1, -0.05) is 124 Å². The quantitative estimate of drug-likeness (QED) is 0.149. The molecule has 0 spiro atoms. The van der Waals surface area contributed by atoms with Crippen molar-refractivity contribution in [3.63, 3.8) is 0 Å². The summed E-state index contributed by atoms with van der Waals surface area (Å²) < 4.78 is 14.7. The number of furan rings is 1. The van der Waals surface area contributed by atoms with Gasteiger partial charge in [-0.15, -0.1) is 0 Å². The van der Waals surface area contributed by atoms with Crippen molar-refractivity contribution < 1.29 is 9.15 Å². The number of benzene rings is 9. The number of fused-ring (bicyclic) bond motifs is 8. The molecule has 5 nitrogen and oxygen atoms in total. The van der Waals surface area contributed by atoms with Gasteiger partial charge in [0.25, 0.3) is 6.71 Å². The smallest absolute Gasteiger partial charge is 0.261 e. The van der Waals surface area contributed by atoms with Gasteiger partial charge in [0.15, 0.2) is 0 Å². The Hall–Kier alpha value is -7.96. The highest BCUT2D eigenvalue weighted by molar-refractivity contribution is 7.00. The molecule has 0 radical (unpaired) electrons. The van der Waals surface area contributed by atoms with Gasteiger partial charge in [-0.2, -0.15) is 0 Å². The fourth-order valence-electron chi connectivity index (χ4n) is 10.1. The monoisotopic (exact) mass is 853 g/mol. The molecule has 2 aliphatic rings. The highest BCUT2D eigenvalue weighted by atomic mass is 16.5. The number of aryl methyl sites for hydroxylation is 6. The molecule has 9 aromatic carbocycles. The van der Waals surface area contributed by atoms with Crippen molar-refractivity contribution in [3.8, 4) is 11.5 Å². The van der Waals surface area contributed by atoms with Gasteiger partial charge >= 0.3 is 0 Å². The van der Waals surface area contributed by atoms with Gasteiger partial charge in [0.2, 0.25) is 0 Å². The van der Waals surface area contributed by atoms with Gasteiger partial charge in [0.05, 0.1) is 16.8 Å². The van der Waals surface area contributed by atoms with Gasteiger partial charge in [-0.3, -0.25) is 0 Å². The normalized spacial score (nSPS) is 12.5. The Kier molecular flexibility index (Phi) is 9.21. The second-order valence-electron chi connectivity index (χ2n) is 18.3. The van der Waals surface area contributed by atoms with Crippen LogP contribution in [0, 0.1) is 41.5 Å². The Morgan fingerprint density at radius 2 is 0.924 bits per heavy atom. The molecule has 0 bridgehead atoms. The standard InChI is InChI=1S/C60H48BN3O2/c1-37-11-22-43(23-12-37)62(44-24-13-38(2)14-25-44)48-34-53-58-55(35-48)65-56-36-52(63(45-26-15-39(3)16-27-45)46-28-17-40(4)18-29-46)57-49-9-7-8-10-54(49)66-60(57)59(56)61(58)50-33-42(6)21-32-51(50)64(53)47-30-19-41(5)20-31-47/h7-36H,1-6H3. The molecular formula is C60H48BN3O2. The van der Waals surface area contributed by atoms with Crippen LogP contribution in [-0.2, 0) is 0 Å². The summed E-state index contributed by atoms with van der Waals surface area (Å²) in [4.78, 5) is 7.15. The van der Waals surface area contributed by atoms with E-state index >= 15 is 0 Å². The SMILES string of the molecule is Cc1ccc(N(c2ccc(C)cc2)c2cc3c4c(c2)N(c2ccc(C)cc2)c2ccc(C)cc2B4c2c(cc(N(c4ccc(C)cc4)c4ccc(C)cc4)c4c2oc2ccccc24)O3)cc1. The van der Waals surface area contributed by atoms with Crippen LogP contribution in [0.1, 0.15) is 33.4 Å². The van der Waals surface area contributed by atoms with E-state index in [2.05, 4.69) is 238 Å². The summed E-state index contributed by atoms with van der Waals surface area (Å²) in [6.07, 6.45) is 0. The maximum absolute atomic E-state index is 7.54. The zero-order chi connectivity index (χ0) is 44.8. The summed E-state index contributed by atoms with van der Waals surface area (Å²) in [7, 11) is 0. The molecule has 0 atom stereocenters. The second-order valence-corrected chi connectivity index (χ2v) is 18.3. The van der Waals surface area contributed by atoms with Crippen molar-refractivity contribution in [2.45, 2.75) is 41.5 Å². The minimum Gasteiger partial charge on any atom is -0.458 e. The lowest BCUT2D eigenvalue weighted by Crippen LogP contribution is -2.59. The van der Waals surface area contributed by atoms with E-state index in [0.717, 1.165) is 95.5 Å². The van der Waals surface area contributed by atoms with Crippen LogP contribution in [0.4, 0.5) is 51.2 Å². The van der Waals surface area contributed by atoms with Crippen molar-refractivity contribution in [1.82, 2.24) is 0 Å². The summed E-state index contributed by atoms with van der Waals surface area (Å²) >= 11 is 0. The van der Waals surface area contributed by atoms with E-state index < -0.39 is 0 Å². The lowest BCUT2D eigenvalue weighted by molar-refractivity contribution is 0.487. The minimum absolute atomic E-state index is 0.207. The van der Waals surface area contributed by atoms with Crippen molar-refractivity contribution in [1.29, 1.82) is 0 Å². The third-order valence-electron chi connectivity index (χ3n) is 13.5. The van der Waals surface area contributed by atoms with Crippen LogP contribution in [0.3, 0.4) is 0 Å². The Bertz CT molecular complexity index is 3410. The maximum atomic E-state index is 7.54. The molecule has 10 aromatic rings. The Labute approximate surface area is 386 Å². The van der Waals surface area contributed by atoms with E-state index in [0.29, 0.717) is 0 Å². The Balaban J connectivity index is 1.18. The number of anilines is 9. The van der Waals surface area contributed by atoms with Crippen molar-refractivity contribution in [3.05, 3.63) is 215 Å². The van der Waals surface area contributed by atoms with E-state index in [4.69, 9.17) is 9.15 Å². The third kappa shape index (κ3) is 6.47. The van der Waals surface area contributed by atoms with Gasteiger partial charge < -0.3 is 23.9 Å². The van der Waals surface area contributed by atoms with Gasteiger partial charge in [-0.05, 0) is 131 Å². The van der Waals surface area contributed by atoms with Crippen molar-refractivity contribution in [2.75, 3.05) is 14.7 Å². The van der Waals surface area contributed by atoms with Crippen LogP contribution in [0.5, 0.6) is 11.5 Å². The first-order valence-corrected chi connectivity index (χ1v) is 22.8. The number of para-hydroxylation sites is 1. The van der Waals surface area contributed by atoms with Gasteiger partial charge in [-0.25, -0.2) is 0 Å². The number of hydrogen-bond donors (Lipinski definition) is 0. The van der Waals surface area contributed by atoms with E-state index in [9.17, 15) is 0 Å². The highest BCUT2D eigenvalue weighted by Gasteiger charge is 2.45. The molecule has 318 valence electrons. The molecule has 0 saturated carbocycles. The second kappa shape index (κ2) is 15.3. The van der Waals surface area contributed by atoms with Crippen LogP contribution in [0.25, 0.3) is 21.9 Å². The van der Waals surface area contributed by atoms with Crippen molar-refractivity contribution in [2.24, 2.45) is 0 Å². The molecular weight excluding hydrogens is 805 g/mol. The van der Waals surface area contributed by atoms with Gasteiger partial charge in [0, 0.05) is 62.8 Å². The lowest BCUT2D eigenvalue weighted by Gasteiger charge is -2.41. The van der Waals surface area contributed by atoms with E-state index in [-0.39, 0.29) is 6.71 Å². The molecule has 0 aliphatic carbocycles. The first-order valence-electron chi connectivity index (χ1n) is 22.8. The number of nitrogens with zero attached hydrogens (tertiary/aromatic N) is 3.